The first-order valence-corrected chi connectivity index (χ1v) is 7.24. The highest BCUT2D eigenvalue weighted by Crippen LogP contribution is 2.22. The third-order valence-electron chi connectivity index (χ3n) is 3.09. The van der Waals surface area contributed by atoms with Gasteiger partial charge in [0.1, 0.15) is 0 Å². The van der Waals surface area contributed by atoms with Crippen molar-refractivity contribution in [1.29, 1.82) is 0 Å². The maximum Gasteiger partial charge on any atom is 0.0345 e. The van der Waals surface area contributed by atoms with Crippen LogP contribution in [0.15, 0.2) is 29.6 Å². The molecule has 0 spiro atoms. The monoisotopic (exact) mass is 232 g/mol. The van der Waals surface area contributed by atoms with Crippen LogP contribution in [0.25, 0.3) is 10.1 Å². The summed E-state index contributed by atoms with van der Waals surface area (Å²) in [5, 5.41) is 3.56. The third-order valence-corrected chi connectivity index (χ3v) is 3.97. The van der Waals surface area contributed by atoms with Gasteiger partial charge in [0.2, 0.25) is 0 Å². The predicted molar refractivity (Wildman–Crippen MR) is 74.3 cm³/mol. The lowest BCUT2D eigenvalue weighted by Crippen LogP contribution is -1.85. The quantitative estimate of drug-likeness (QED) is 0.584. The third kappa shape index (κ3) is 3.08. The average molecular weight is 232 g/mol. The van der Waals surface area contributed by atoms with Crippen molar-refractivity contribution in [2.45, 2.75) is 45.4 Å². The van der Waals surface area contributed by atoms with Gasteiger partial charge < -0.3 is 0 Å². The highest BCUT2D eigenvalue weighted by molar-refractivity contribution is 7.17. The molecule has 0 unspecified atom stereocenters. The SMILES string of the molecule is CCCCCCCc1ccc2ccsc2c1. The van der Waals surface area contributed by atoms with Crippen molar-refractivity contribution in [3.05, 3.63) is 35.2 Å². The molecule has 0 fully saturated rings. The van der Waals surface area contributed by atoms with Crippen LogP contribution in [0.4, 0.5) is 0 Å². The molecule has 0 nitrogen and oxygen atoms in total. The van der Waals surface area contributed by atoms with Crippen LogP contribution in [0, 0.1) is 0 Å². The van der Waals surface area contributed by atoms with Crippen molar-refractivity contribution >= 4 is 21.4 Å². The van der Waals surface area contributed by atoms with E-state index in [0.717, 1.165) is 0 Å². The van der Waals surface area contributed by atoms with Gasteiger partial charge in [0.05, 0.1) is 0 Å². The fourth-order valence-corrected chi connectivity index (χ4v) is 2.94. The molecule has 0 aliphatic heterocycles. The molecule has 0 saturated carbocycles. The Labute approximate surface area is 102 Å². The van der Waals surface area contributed by atoms with Crippen LogP contribution in [0.2, 0.25) is 0 Å². The Morgan fingerprint density at radius 1 is 1.00 bits per heavy atom. The largest absolute Gasteiger partial charge is 0.144 e. The minimum absolute atomic E-state index is 1.25. The van der Waals surface area contributed by atoms with Crippen LogP contribution in [-0.4, -0.2) is 0 Å². The molecule has 86 valence electrons. The molecular weight excluding hydrogens is 212 g/mol. The molecule has 1 aromatic carbocycles. The zero-order chi connectivity index (χ0) is 11.2. The fourth-order valence-electron chi connectivity index (χ4n) is 2.09. The van der Waals surface area contributed by atoms with Crippen LogP contribution < -0.4 is 0 Å². The molecule has 16 heavy (non-hydrogen) atoms. The summed E-state index contributed by atoms with van der Waals surface area (Å²) in [6.07, 6.45) is 8.10. The van der Waals surface area contributed by atoms with Crippen molar-refractivity contribution in [1.82, 2.24) is 0 Å². The lowest BCUT2D eigenvalue weighted by Gasteiger charge is -2.01. The maximum atomic E-state index is 2.36. The Kier molecular flexibility index (Phi) is 4.41. The molecule has 0 atom stereocenters. The van der Waals surface area contributed by atoms with E-state index >= 15 is 0 Å². The van der Waals surface area contributed by atoms with Gasteiger partial charge in [-0.1, -0.05) is 44.7 Å². The van der Waals surface area contributed by atoms with Gasteiger partial charge in [0.25, 0.3) is 0 Å². The molecule has 0 radical (unpaired) electrons. The van der Waals surface area contributed by atoms with Gasteiger partial charge in [0, 0.05) is 4.70 Å². The molecule has 0 saturated heterocycles. The van der Waals surface area contributed by atoms with E-state index in [1.54, 1.807) is 0 Å². The summed E-state index contributed by atoms with van der Waals surface area (Å²) >= 11 is 1.85. The van der Waals surface area contributed by atoms with Crippen molar-refractivity contribution in [3.8, 4) is 0 Å². The second-order valence-electron chi connectivity index (χ2n) is 4.46. The molecule has 2 rings (SSSR count). The predicted octanol–water partition coefficient (Wildman–Crippen LogP) is 5.41. The number of fused-ring (bicyclic) bond motifs is 1. The van der Waals surface area contributed by atoms with Crippen LogP contribution in [0.3, 0.4) is 0 Å². The van der Waals surface area contributed by atoms with Crippen molar-refractivity contribution in [2.24, 2.45) is 0 Å². The molecule has 2 aromatic rings. The van der Waals surface area contributed by atoms with Gasteiger partial charge in [-0.2, -0.15) is 0 Å². The summed E-state index contributed by atoms with van der Waals surface area (Å²) in [4.78, 5) is 0. The van der Waals surface area contributed by atoms with E-state index in [1.165, 1.54) is 54.2 Å². The van der Waals surface area contributed by atoms with Crippen LogP contribution in [0.1, 0.15) is 44.6 Å². The van der Waals surface area contributed by atoms with E-state index in [-0.39, 0.29) is 0 Å². The van der Waals surface area contributed by atoms with E-state index < -0.39 is 0 Å². The minimum atomic E-state index is 1.25. The summed E-state index contributed by atoms with van der Waals surface area (Å²) in [5.41, 5.74) is 1.51. The zero-order valence-electron chi connectivity index (χ0n) is 10.0. The number of aryl methyl sites for hydroxylation is 1. The second kappa shape index (κ2) is 6.05. The van der Waals surface area contributed by atoms with Crippen LogP contribution >= 0.6 is 11.3 Å². The van der Waals surface area contributed by atoms with Gasteiger partial charge in [-0.15, -0.1) is 11.3 Å². The number of unbranched alkanes of at least 4 members (excludes halogenated alkanes) is 4. The number of hydrogen-bond acceptors (Lipinski definition) is 1. The highest BCUT2D eigenvalue weighted by Gasteiger charge is 1.97. The smallest absolute Gasteiger partial charge is 0.0345 e. The first-order valence-electron chi connectivity index (χ1n) is 6.36. The Hall–Kier alpha value is -0.820. The van der Waals surface area contributed by atoms with E-state index in [0.29, 0.717) is 0 Å². The summed E-state index contributed by atoms with van der Waals surface area (Å²) in [5.74, 6) is 0. The molecule has 0 aliphatic rings. The first-order chi connectivity index (χ1) is 7.90. The summed E-state index contributed by atoms with van der Waals surface area (Å²) in [6, 6.07) is 9.10. The lowest BCUT2D eigenvalue weighted by atomic mass is 10.0. The molecule has 1 aromatic heterocycles. The molecule has 1 heteroatoms. The lowest BCUT2D eigenvalue weighted by molar-refractivity contribution is 0.632. The van der Waals surface area contributed by atoms with Crippen molar-refractivity contribution in [2.75, 3.05) is 0 Å². The Morgan fingerprint density at radius 3 is 2.75 bits per heavy atom. The molecule has 0 amide bonds. The number of thiophene rings is 1. The Morgan fingerprint density at radius 2 is 1.88 bits per heavy atom. The first kappa shape index (κ1) is 11.7. The Bertz CT molecular complexity index is 428. The molecular formula is C15H20S. The van der Waals surface area contributed by atoms with E-state index in [9.17, 15) is 0 Å². The normalized spacial score (nSPS) is 11.1. The highest BCUT2D eigenvalue weighted by atomic mass is 32.1. The molecule has 0 aliphatic carbocycles. The summed E-state index contributed by atoms with van der Waals surface area (Å²) in [6.45, 7) is 2.27. The van der Waals surface area contributed by atoms with Crippen LogP contribution in [-0.2, 0) is 6.42 Å². The van der Waals surface area contributed by atoms with Gasteiger partial charge in [-0.25, -0.2) is 0 Å². The van der Waals surface area contributed by atoms with Gasteiger partial charge in [-0.05, 0) is 41.3 Å². The standard InChI is InChI=1S/C15H20S/c1-2-3-4-5-6-7-13-8-9-14-10-11-16-15(14)12-13/h8-12H,2-7H2,1H3. The van der Waals surface area contributed by atoms with E-state index in [1.807, 2.05) is 11.3 Å². The van der Waals surface area contributed by atoms with Crippen LogP contribution in [0.5, 0.6) is 0 Å². The second-order valence-corrected chi connectivity index (χ2v) is 5.40. The maximum absolute atomic E-state index is 2.36. The zero-order valence-corrected chi connectivity index (χ0v) is 10.9. The fraction of sp³-hybridized carbons (Fsp3) is 0.467. The number of rotatable bonds is 6. The Balaban J connectivity index is 1.84. The summed E-state index contributed by atoms with van der Waals surface area (Å²) in [7, 11) is 0. The number of benzene rings is 1. The van der Waals surface area contributed by atoms with E-state index in [2.05, 4.69) is 36.6 Å². The molecule has 0 N–H and O–H groups in total. The van der Waals surface area contributed by atoms with E-state index in [4.69, 9.17) is 0 Å². The summed E-state index contributed by atoms with van der Waals surface area (Å²) < 4.78 is 1.44. The van der Waals surface area contributed by atoms with Gasteiger partial charge in [-0.3, -0.25) is 0 Å². The minimum Gasteiger partial charge on any atom is -0.144 e. The molecule has 1 heterocycles. The average Bonchev–Trinajstić information content (AvgIpc) is 2.76. The number of hydrogen-bond donors (Lipinski definition) is 0. The van der Waals surface area contributed by atoms with Gasteiger partial charge in [0.15, 0.2) is 0 Å². The topological polar surface area (TPSA) is 0 Å². The van der Waals surface area contributed by atoms with Crippen molar-refractivity contribution < 1.29 is 0 Å². The van der Waals surface area contributed by atoms with Gasteiger partial charge >= 0.3 is 0 Å². The van der Waals surface area contributed by atoms with Crippen molar-refractivity contribution in [3.63, 3.8) is 0 Å². The molecule has 0 bridgehead atoms.